The van der Waals surface area contributed by atoms with Crippen molar-refractivity contribution in [3.63, 3.8) is 0 Å². The SMILES string of the molecule is COc1cc(Cl)cc([C@@H]2Nc3ccccc3-c3nnc(SC)nc3O2)c1OC. The van der Waals surface area contributed by atoms with E-state index in [4.69, 9.17) is 25.8 Å². The third-order valence-electron chi connectivity index (χ3n) is 4.27. The normalized spacial score (nSPS) is 14.8. The summed E-state index contributed by atoms with van der Waals surface area (Å²) in [7, 11) is 3.13. The molecule has 4 rings (SSSR count). The summed E-state index contributed by atoms with van der Waals surface area (Å²) in [5.74, 6) is 1.42. The highest BCUT2D eigenvalue weighted by Gasteiger charge is 2.29. The van der Waals surface area contributed by atoms with Gasteiger partial charge in [0.25, 0.3) is 0 Å². The molecule has 2 aromatic carbocycles. The average Bonchev–Trinajstić information content (AvgIpc) is 2.89. The molecule has 9 heteroatoms. The van der Waals surface area contributed by atoms with Crippen molar-refractivity contribution < 1.29 is 14.2 Å². The molecule has 1 N–H and O–H groups in total. The molecule has 0 fully saturated rings. The lowest BCUT2D eigenvalue weighted by Gasteiger charge is -2.22. The fourth-order valence-corrected chi connectivity index (χ4v) is 3.54. The molecule has 28 heavy (non-hydrogen) atoms. The summed E-state index contributed by atoms with van der Waals surface area (Å²) >= 11 is 7.70. The monoisotopic (exact) mass is 416 g/mol. The Hall–Kier alpha value is -2.71. The summed E-state index contributed by atoms with van der Waals surface area (Å²) in [6.07, 6.45) is 1.26. The molecule has 0 bridgehead atoms. The van der Waals surface area contributed by atoms with Crippen LogP contribution in [0, 0.1) is 0 Å². The van der Waals surface area contributed by atoms with Crippen LogP contribution in [0.2, 0.25) is 5.02 Å². The number of nitrogens with zero attached hydrogens (tertiary/aromatic N) is 3. The van der Waals surface area contributed by atoms with Gasteiger partial charge in [-0.05, 0) is 18.4 Å². The number of para-hydroxylation sites is 1. The number of thioether (sulfide) groups is 1. The van der Waals surface area contributed by atoms with Crippen LogP contribution in [-0.2, 0) is 0 Å². The number of hydrogen-bond acceptors (Lipinski definition) is 8. The van der Waals surface area contributed by atoms with E-state index in [0.717, 1.165) is 11.3 Å². The maximum Gasteiger partial charge on any atom is 0.247 e. The zero-order valence-corrected chi connectivity index (χ0v) is 17.0. The van der Waals surface area contributed by atoms with E-state index in [1.165, 1.54) is 11.8 Å². The molecule has 7 nitrogen and oxygen atoms in total. The lowest BCUT2D eigenvalue weighted by molar-refractivity contribution is 0.218. The van der Waals surface area contributed by atoms with E-state index in [9.17, 15) is 0 Å². The van der Waals surface area contributed by atoms with E-state index in [1.54, 1.807) is 26.4 Å². The molecule has 2 heterocycles. The van der Waals surface area contributed by atoms with Crippen molar-refractivity contribution in [1.29, 1.82) is 0 Å². The van der Waals surface area contributed by atoms with Gasteiger partial charge in [-0.25, -0.2) is 0 Å². The van der Waals surface area contributed by atoms with E-state index in [1.807, 2.05) is 30.5 Å². The summed E-state index contributed by atoms with van der Waals surface area (Å²) in [6, 6.07) is 11.2. The minimum atomic E-state index is -0.628. The Balaban J connectivity index is 1.90. The molecule has 1 atom stereocenters. The van der Waals surface area contributed by atoms with Crippen molar-refractivity contribution in [1.82, 2.24) is 15.2 Å². The van der Waals surface area contributed by atoms with Crippen molar-refractivity contribution in [3.05, 3.63) is 47.0 Å². The van der Waals surface area contributed by atoms with E-state index < -0.39 is 6.23 Å². The van der Waals surface area contributed by atoms with Crippen LogP contribution in [0.25, 0.3) is 11.3 Å². The summed E-state index contributed by atoms with van der Waals surface area (Å²) in [5.41, 5.74) is 2.93. The number of ether oxygens (including phenoxy) is 3. The maximum absolute atomic E-state index is 6.31. The van der Waals surface area contributed by atoms with Gasteiger partial charge in [0.15, 0.2) is 17.2 Å². The third kappa shape index (κ3) is 3.29. The first-order valence-electron chi connectivity index (χ1n) is 8.37. The highest BCUT2D eigenvalue weighted by Crippen LogP contribution is 2.44. The summed E-state index contributed by atoms with van der Waals surface area (Å²) in [4.78, 5) is 4.51. The van der Waals surface area contributed by atoms with Crippen LogP contribution in [0.15, 0.2) is 41.6 Å². The lowest BCUT2D eigenvalue weighted by atomic mass is 10.1. The van der Waals surface area contributed by atoms with Crippen LogP contribution in [-0.4, -0.2) is 35.7 Å². The molecule has 1 aliphatic rings. The highest BCUT2D eigenvalue weighted by atomic mass is 35.5. The Kier molecular flexibility index (Phi) is 5.15. The van der Waals surface area contributed by atoms with E-state index in [2.05, 4.69) is 20.5 Å². The first-order valence-corrected chi connectivity index (χ1v) is 9.97. The van der Waals surface area contributed by atoms with Gasteiger partial charge in [0.2, 0.25) is 17.3 Å². The van der Waals surface area contributed by atoms with Gasteiger partial charge in [-0.15, -0.1) is 10.2 Å². The third-order valence-corrected chi connectivity index (χ3v) is 5.03. The molecule has 0 unspecified atom stereocenters. The number of hydrogen-bond donors (Lipinski definition) is 1. The number of halogens is 1. The molecule has 0 saturated heterocycles. The highest BCUT2D eigenvalue weighted by molar-refractivity contribution is 7.98. The molecule has 0 radical (unpaired) electrons. The van der Waals surface area contributed by atoms with Gasteiger partial charge < -0.3 is 19.5 Å². The molecular formula is C19H17ClN4O3S. The van der Waals surface area contributed by atoms with Crippen LogP contribution >= 0.6 is 23.4 Å². The largest absolute Gasteiger partial charge is 0.493 e. The smallest absolute Gasteiger partial charge is 0.247 e. The molecule has 0 saturated carbocycles. The van der Waals surface area contributed by atoms with Crippen LogP contribution in [0.3, 0.4) is 0 Å². The van der Waals surface area contributed by atoms with Crippen molar-refractivity contribution in [3.8, 4) is 28.6 Å². The summed E-state index contributed by atoms with van der Waals surface area (Å²) in [5, 5.41) is 12.9. The second-order valence-electron chi connectivity index (χ2n) is 5.87. The number of aromatic nitrogens is 3. The van der Waals surface area contributed by atoms with Gasteiger partial charge in [-0.1, -0.05) is 41.6 Å². The molecule has 1 aromatic heterocycles. The second kappa shape index (κ2) is 7.73. The van der Waals surface area contributed by atoms with Gasteiger partial charge in [0.1, 0.15) is 0 Å². The van der Waals surface area contributed by atoms with Gasteiger partial charge >= 0.3 is 0 Å². The lowest BCUT2D eigenvalue weighted by Crippen LogP contribution is -2.18. The maximum atomic E-state index is 6.31. The number of fused-ring (bicyclic) bond motifs is 3. The first kappa shape index (κ1) is 18.6. The summed E-state index contributed by atoms with van der Waals surface area (Å²) < 4.78 is 17.2. The zero-order valence-electron chi connectivity index (χ0n) is 15.4. The van der Waals surface area contributed by atoms with Gasteiger partial charge in [-0.3, -0.25) is 0 Å². The quantitative estimate of drug-likeness (QED) is 0.625. The van der Waals surface area contributed by atoms with Gasteiger partial charge in [-0.2, -0.15) is 4.98 Å². The van der Waals surface area contributed by atoms with Crippen LogP contribution < -0.4 is 19.5 Å². The number of anilines is 1. The van der Waals surface area contributed by atoms with Crippen LogP contribution in [0.1, 0.15) is 11.8 Å². The number of rotatable bonds is 4. The Morgan fingerprint density at radius 3 is 2.71 bits per heavy atom. The van der Waals surface area contributed by atoms with E-state index >= 15 is 0 Å². The van der Waals surface area contributed by atoms with Crippen molar-refractivity contribution in [2.75, 3.05) is 25.8 Å². The van der Waals surface area contributed by atoms with Gasteiger partial charge in [0.05, 0.1) is 19.8 Å². The van der Waals surface area contributed by atoms with E-state index in [0.29, 0.717) is 38.8 Å². The molecule has 0 aliphatic carbocycles. The Morgan fingerprint density at radius 1 is 1.14 bits per heavy atom. The van der Waals surface area contributed by atoms with Crippen LogP contribution in [0.5, 0.6) is 17.4 Å². The Morgan fingerprint density at radius 2 is 1.96 bits per heavy atom. The zero-order chi connectivity index (χ0) is 19.7. The molecule has 1 aliphatic heterocycles. The number of benzene rings is 2. The number of nitrogens with one attached hydrogen (secondary N) is 1. The minimum absolute atomic E-state index is 0.378. The fraction of sp³-hybridized carbons (Fsp3) is 0.211. The molecule has 0 amide bonds. The van der Waals surface area contributed by atoms with Crippen molar-refractivity contribution >= 4 is 29.1 Å². The van der Waals surface area contributed by atoms with Crippen LogP contribution in [0.4, 0.5) is 5.69 Å². The minimum Gasteiger partial charge on any atom is -0.493 e. The average molecular weight is 417 g/mol. The first-order chi connectivity index (χ1) is 13.6. The van der Waals surface area contributed by atoms with E-state index in [-0.39, 0.29) is 0 Å². The fourth-order valence-electron chi connectivity index (χ4n) is 3.03. The Bertz CT molecular complexity index is 1030. The molecule has 0 spiro atoms. The van der Waals surface area contributed by atoms with Crippen molar-refractivity contribution in [2.45, 2.75) is 11.4 Å². The molecular weight excluding hydrogens is 400 g/mol. The van der Waals surface area contributed by atoms with Crippen molar-refractivity contribution in [2.24, 2.45) is 0 Å². The predicted molar refractivity (Wildman–Crippen MR) is 109 cm³/mol. The standard InChI is InChI=1S/C19H17ClN4O3S/c1-25-14-9-10(20)8-12(16(14)26-2)17-21-13-7-5-4-6-11(13)15-18(27-17)22-19(28-3)24-23-15/h4-9,17,21H,1-3H3/t17-/m1/s1. The topological polar surface area (TPSA) is 78.4 Å². The Labute approximate surface area is 171 Å². The molecule has 3 aromatic rings. The number of methoxy groups -OCH3 is 2. The predicted octanol–water partition coefficient (Wildman–Crippen LogP) is 4.43. The second-order valence-corrected chi connectivity index (χ2v) is 7.08. The summed E-state index contributed by atoms with van der Waals surface area (Å²) in [6.45, 7) is 0. The molecule has 144 valence electrons. The van der Waals surface area contributed by atoms with Gasteiger partial charge in [0, 0.05) is 22.3 Å².